The fourth-order valence-corrected chi connectivity index (χ4v) is 1.43. The minimum absolute atomic E-state index is 0.00305. The Labute approximate surface area is 118 Å². The highest BCUT2D eigenvalue weighted by Crippen LogP contribution is 2.20. The van der Waals surface area contributed by atoms with Crippen molar-refractivity contribution in [2.24, 2.45) is 11.7 Å². The lowest BCUT2D eigenvalue weighted by atomic mass is 10.1. The zero-order valence-electron chi connectivity index (χ0n) is 11.9. The van der Waals surface area contributed by atoms with Gasteiger partial charge < -0.3 is 20.9 Å². The summed E-state index contributed by atoms with van der Waals surface area (Å²) >= 11 is 0. The van der Waals surface area contributed by atoms with Crippen LogP contribution in [0.5, 0.6) is 5.75 Å². The van der Waals surface area contributed by atoms with Gasteiger partial charge in [0, 0.05) is 11.8 Å². The van der Waals surface area contributed by atoms with Gasteiger partial charge in [0.05, 0.1) is 0 Å². The second kappa shape index (κ2) is 7.09. The molecule has 0 heterocycles. The van der Waals surface area contributed by atoms with E-state index in [0.29, 0.717) is 5.69 Å². The summed E-state index contributed by atoms with van der Waals surface area (Å²) in [5, 5.41) is 0. The first-order chi connectivity index (χ1) is 9.31. The van der Waals surface area contributed by atoms with Crippen LogP contribution in [0, 0.1) is 11.7 Å². The molecule has 0 amide bonds. The van der Waals surface area contributed by atoms with Gasteiger partial charge in [-0.1, -0.05) is 13.8 Å². The smallest absolute Gasteiger partial charge is 0.323 e. The van der Waals surface area contributed by atoms with Gasteiger partial charge >= 0.3 is 5.97 Å². The molecule has 0 aliphatic carbocycles. The molecule has 1 aromatic carbocycles. The SMILES string of the molecule is CC(C)[C@H](N)C(=O)OC[C@@H](C)Oc1ccc(N)cc1F. The van der Waals surface area contributed by atoms with Crippen LogP contribution in [0.2, 0.25) is 0 Å². The van der Waals surface area contributed by atoms with Gasteiger partial charge in [-0.25, -0.2) is 4.39 Å². The van der Waals surface area contributed by atoms with Crippen LogP contribution in [0.25, 0.3) is 0 Å². The summed E-state index contributed by atoms with van der Waals surface area (Å²) in [6.07, 6.45) is -0.489. The van der Waals surface area contributed by atoms with Gasteiger partial charge in [-0.2, -0.15) is 0 Å². The summed E-state index contributed by atoms with van der Waals surface area (Å²) in [7, 11) is 0. The number of nitrogens with two attached hydrogens (primary N) is 2. The average Bonchev–Trinajstić information content (AvgIpc) is 2.38. The molecule has 2 atom stereocenters. The third-order valence-electron chi connectivity index (χ3n) is 2.73. The first-order valence-electron chi connectivity index (χ1n) is 6.45. The van der Waals surface area contributed by atoms with Crippen LogP contribution in [-0.2, 0) is 9.53 Å². The molecule has 1 aromatic rings. The number of nitrogen functional groups attached to an aromatic ring is 1. The zero-order chi connectivity index (χ0) is 15.3. The summed E-state index contributed by atoms with van der Waals surface area (Å²) in [5.41, 5.74) is 11.4. The number of rotatable bonds is 6. The molecule has 0 unspecified atom stereocenters. The van der Waals surface area contributed by atoms with Crippen LogP contribution in [0.4, 0.5) is 10.1 Å². The number of carbonyl (C=O) groups is 1. The first-order valence-corrected chi connectivity index (χ1v) is 6.45. The largest absolute Gasteiger partial charge is 0.484 e. The number of esters is 1. The van der Waals surface area contributed by atoms with Crippen molar-refractivity contribution in [1.82, 2.24) is 0 Å². The van der Waals surface area contributed by atoms with Crippen LogP contribution in [-0.4, -0.2) is 24.7 Å². The van der Waals surface area contributed by atoms with Gasteiger partial charge in [0.1, 0.15) is 18.8 Å². The number of anilines is 1. The van der Waals surface area contributed by atoms with E-state index < -0.39 is 23.9 Å². The molecule has 0 fully saturated rings. The number of carbonyl (C=O) groups excluding carboxylic acids is 1. The molecule has 6 heteroatoms. The van der Waals surface area contributed by atoms with Crippen LogP contribution in [0.1, 0.15) is 20.8 Å². The van der Waals surface area contributed by atoms with E-state index in [1.165, 1.54) is 18.2 Å². The maximum absolute atomic E-state index is 13.5. The van der Waals surface area contributed by atoms with Crippen molar-refractivity contribution in [1.29, 1.82) is 0 Å². The molecule has 0 aromatic heterocycles. The molecule has 0 bridgehead atoms. The number of halogens is 1. The predicted molar refractivity (Wildman–Crippen MR) is 74.7 cm³/mol. The van der Waals surface area contributed by atoms with Gasteiger partial charge in [-0.3, -0.25) is 4.79 Å². The molecule has 0 spiro atoms. The Morgan fingerprint density at radius 1 is 1.35 bits per heavy atom. The lowest BCUT2D eigenvalue weighted by molar-refractivity contribution is -0.148. The van der Waals surface area contributed by atoms with E-state index in [1.807, 2.05) is 13.8 Å². The van der Waals surface area contributed by atoms with E-state index in [-0.39, 0.29) is 18.3 Å². The van der Waals surface area contributed by atoms with E-state index in [0.717, 1.165) is 0 Å². The summed E-state index contributed by atoms with van der Waals surface area (Å²) < 4.78 is 23.9. The lowest BCUT2D eigenvalue weighted by Gasteiger charge is -2.18. The second-order valence-electron chi connectivity index (χ2n) is 5.02. The molecule has 0 aliphatic heterocycles. The highest BCUT2D eigenvalue weighted by Gasteiger charge is 2.20. The lowest BCUT2D eigenvalue weighted by Crippen LogP contribution is -2.38. The van der Waals surface area contributed by atoms with Gasteiger partial charge in [0.15, 0.2) is 11.6 Å². The summed E-state index contributed by atoms with van der Waals surface area (Å²) in [5.74, 6) is -0.987. The van der Waals surface area contributed by atoms with Gasteiger partial charge in [0.2, 0.25) is 0 Å². The maximum Gasteiger partial charge on any atom is 0.323 e. The van der Waals surface area contributed by atoms with Crippen LogP contribution >= 0.6 is 0 Å². The molecule has 0 radical (unpaired) electrons. The molecule has 112 valence electrons. The molecule has 0 saturated carbocycles. The average molecular weight is 284 g/mol. The Hall–Kier alpha value is -1.82. The summed E-state index contributed by atoms with van der Waals surface area (Å²) in [6.45, 7) is 5.33. The highest BCUT2D eigenvalue weighted by molar-refractivity contribution is 5.75. The Bertz CT molecular complexity index is 466. The third-order valence-corrected chi connectivity index (χ3v) is 2.73. The van der Waals surface area contributed by atoms with E-state index in [9.17, 15) is 9.18 Å². The van der Waals surface area contributed by atoms with Crippen LogP contribution in [0.15, 0.2) is 18.2 Å². The van der Waals surface area contributed by atoms with E-state index in [4.69, 9.17) is 20.9 Å². The first kappa shape index (κ1) is 16.2. The molecular weight excluding hydrogens is 263 g/mol. The standard InChI is InChI=1S/C14H21FN2O3/c1-8(2)13(17)14(18)19-7-9(3)20-12-5-4-10(16)6-11(12)15/h4-6,8-9,13H,7,16-17H2,1-3H3/t9-,13+/m1/s1. The zero-order valence-corrected chi connectivity index (χ0v) is 11.9. The van der Waals surface area contributed by atoms with E-state index in [2.05, 4.69) is 0 Å². The molecule has 0 aliphatic rings. The third kappa shape index (κ3) is 4.70. The maximum atomic E-state index is 13.5. The molecule has 1 rings (SSSR count). The normalized spacial score (nSPS) is 13.9. The van der Waals surface area contributed by atoms with Crippen molar-refractivity contribution < 1.29 is 18.7 Å². The molecule has 20 heavy (non-hydrogen) atoms. The van der Waals surface area contributed by atoms with Crippen molar-refractivity contribution in [2.75, 3.05) is 12.3 Å². The Kier molecular flexibility index (Phi) is 5.76. The van der Waals surface area contributed by atoms with Crippen LogP contribution in [0.3, 0.4) is 0 Å². The van der Waals surface area contributed by atoms with Crippen molar-refractivity contribution in [3.63, 3.8) is 0 Å². The summed E-state index contributed by atoms with van der Waals surface area (Å²) in [6, 6.07) is 3.47. The number of hydrogen-bond donors (Lipinski definition) is 2. The number of hydrogen-bond acceptors (Lipinski definition) is 5. The van der Waals surface area contributed by atoms with Crippen molar-refractivity contribution >= 4 is 11.7 Å². The Morgan fingerprint density at radius 2 is 2.00 bits per heavy atom. The van der Waals surface area contributed by atoms with Crippen molar-refractivity contribution in [3.05, 3.63) is 24.0 Å². The molecule has 5 nitrogen and oxygen atoms in total. The number of ether oxygens (including phenoxy) is 2. The van der Waals surface area contributed by atoms with Crippen LogP contribution < -0.4 is 16.2 Å². The fourth-order valence-electron chi connectivity index (χ4n) is 1.43. The topological polar surface area (TPSA) is 87.6 Å². The fraction of sp³-hybridized carbons (Fsp3) is 0.500. The summed E-state index contributed by atoms with van der Waals surface area (Å²) in [4.78, 5) is 11.6. The molecular formula is C14H21FN2O3. The molecule has 0 saturated heterocycles. The second-order valence-corrected chi connectivity index (χ2v) is 5.02. The Balaban J connectivity index is 2.48. The van der Waals surface area contributed by atoms with Crippen molar-refractivity contribution in [3.8, 4) is 5.75 Å². The minimum Gasteiger partial charge on any atom is -0.484 e. The highest BCUT2D eigenvalue weighted by atomic mass is 19.1. The van der Waals surface area contributed by atoms with E-state index >= 15 is 0 Å². The van der Waals surface area contributed by atoms with Gasteiger partial charge in [-0.05, 0) is 25.0 Å². The van der Waals surface area contributed by atoms with E-state index in [1.54, 1.807) is 6.92 Å². The van der Waals surface area contributed by atoms with Gasteiger partial charge in [0.25, 0.3) is 0 Å². The number of benzene rings is 1. The Morgan fingerprint density at radius 3 is 2.55 bits per heavy atom. The predicted octanol–water partition coefficient (Wildman–Crippen LogP) is 1.70. The monoisotopic (exact) mass is 284 g/mol. The minimum atomic E-state index is -0.671. The van der Waals surface area contributed by atoms with Gasteiger partial charge in [-0.15, -0.1) is 0 Å². The quantitative estimate of drug-likeness (QED) is 0.613. The molecule has 4 N–H and O–H groups in total. The van der Waals surface area contributed by atoms with Crippen molar-refractivity contribution in [2.45, 2.75) is 32.9 Å².